The number of hydrogen-bond acceptors (Lipinski definition) is 1. The molecule has 0 aliphatic carbocycles. The first kappa shape index (κ1) is 6.86. The summed E-state index contributed by atoms with van der Waals surface area (Å²) in [5.41, 5.74) is 0.773. The van der Waals surface area contributed by atoms with Gasteiger partial charge in [0.05, 0.1) is 0 Å². The molecule has 0 spiro atoms. The van der Waals surface area contributed by atoms with Crippen molar-refractivity contribution in [2.75, 3.05) is 6.54 Å². The van der Waals surface area contributed by atoms with Gasteiger partial charge >= 0.3 is 6.09 Å². The summed E-state index contributed by atoms with van der Waals surface area (Å²) < 4.78 is 0. The predicted molar refractivity (Wildman–Crippen MR) is 37.6 cm³/mol. The monoisotopic (exact) mass is 139 g/mol. The van der Waals surface area contributed by atoms with Gasteiger partial charge in [-0.15, -0.1) is 0 Å². The van der Waals surface area contributed by atoms with Gasteiger partial charge in [-0.2, -0.15) is 0 Å². The Morgan fingerprint density at radius 1 is 1.80 bits per heavy atom. The smallest absolute Gasteiger partial charge is 0.411 e. The number of rotatable bonds is 0. The SMILES string of the molecule is CC1=CC=CCN1C(=O)O. The first-order valence-electron chi connectivity index (χ1n) is 3.05. The number of allylic oxidation sites excluding steroid dienone is 3. The molecule has 0 aromatic rings. The second kappa shape index (κ2) is 2.56. The van der Waals surface area contributed by atoms with Crippen LogP contribution in [0.15, 0.2) is 23.9 Å². The Kier molecular flexibility index (Phi) is 1.76. The fraction of sp³-hybridized carbons (Fsp3) is 0.286. The van der Waals surface area contributed by atoms with Crippen LogP contribution in [0.3, 0.4) is 0 Å². The molecule has 54 valence electrons. The van der Waals surface area contributed by atoms with Crippen LogP contribution in [0, 0.1) is 0 Å². The second-order valence-corrected chi connectivity index (χ2v) is 2.13. The molecule has 1 aliphatic rings. The van der Waals surface area contributed by atoms with Crippen LogP contribution in [-0.2, 0) is 0 Å². The summed E-state index contributed by atoms with van der Waals surface area (Å²) in [5, 5.41) is 8.56. The van der Waals surface area contributed by atoms with Crippen LogP contribution in [0.25, 0.3) is 0 Å². The molecular formula is C7H9NO2. The lowest BCUT2D eigenvalue weighted by Gasteiger charge is -2.19. The van der Waals surface area contributed by atoms with Crippen molar-refractivity contribution in [2.24, 2.45) is 0 Å². The van der Waals surface area contributed by atoms with E-state index in [-0.39, 0.29) is 0 Å². The first-order valence-corrected chi connectivity index (χ1v) is 3.05. The second-order valence-electron chi connectivity index (χ2n) is 2.13. The van der Waals surface area contributed by atoms with E-state index in [1.54, 1.807) is 19.1 Å². The number of amides is 1. The third-order valence-electron chi connectivity index (χ3n) is 1.42. The van der Waals surface area contributed by atoms with Gasteiger partial charge in [-0.3, -0.25) is 4.90 Å². The van der Waals surface area contributed by atoms with Crippen molar-refractivity contribution >= 4 is 6.09 Å². The molecule has 0 fully saturated rings. The fourth-order valence-corrected chi connectivity index (χ4v) is 0.836. The summed E-state index contributed by atoms with van der Waals surface area (Å²) in [6.45, 7) is 2.25. The van der Waals surface area contributed by atoms with Gasteiger partial charge in [0, 0.05) is 12.2 Å². The highest BCUT2D eigenvalue weighted by atomic mass is 16.4. The van der Waals surface area contributed by atoms with Gasteiger partial charge < -0.3 is 5.11 Å². The molecule has 1 heterocycles. The normalized spacial score (nSPS) is 16.9. The Morgan fingerprint density at radius 3 is 2.90 bits per heavy atom. The molecule has 0 bridgehead atoms. The average molecular weight is 139 g/mol. The molecule has 0 saturated heterocycles. The van der Waals surface area contributed by atoms with Gasteiger partial charge in [-0.25, -0.2) is 4.79 Å². The zero-order chi connectivity index (χ0) is 7.56. The highest BCUT2D eigenvalue weighted by Gasteiger charge is 2.12. The van der Waals surface area contributed by atoms with Gasteiger partial charge in [-0.1, -0.05) is 12.2 Å². The third-order valence-corrected chi connectivity index (χ3v) is 1.42. The number of carboxylic acid groups (broad SMARTS) is 1. The molecule has 1 aliphatic heterocycles. The lowest BCUT2D eigenvalue weighted by atomic mass is 10.3. The average Bonchev–Trinajstić information content (AvgIpc) is 1.88. The fourth-order valence-electron chi connectivity index (χ4n) is 0.836. The van der Waals surface area contributed by atoms with Crippen LogP contribution in [0.5, 0.6) is 0 Å². The Morgan fingerprint density at radius 2 is 2.50 bits per heavy atom. The first-order chi connectivity index (χ1) is 4.72. The highest BCUT2D eigenvalue weighted by Crippen LogP contribution is 2.07. The van der Waals surface area contributed by atoms with E-state index in [0.717, 1.165) is 5.70 Å². The molecule has 1 amide bonds. The minimum Gasteiger partial charge on any atom is -0.465 e. The van der Waals surface area contributed by atoms with Crippen molar-refractivity contribution in [3.8, 4) is 0 Å². The molecular weight excluding hydrogens is 130 g/mol. The largest absolute Gasteiger partial charge is 0.465 e. The van der Waals surface area contributed by atoms with Gasteiger partial charge in [0.15, 0.2) is 0 Å². The minimum absolute atomic E-state index is 0.470. The molecule has 0 saturated carbocycles. The molecule has 0 aromatic heterocycles. The Balaban J connectivity index is 2.73. The molecule has 0 unspecified atom stereocenters. The van der Waals surface area contributed by atoms with Crippen molar-refractivity contribution in [1.82, 2.24) is 4.90 Å². The van der Waals surface area contributed by atoms with Gasteiger partial charge in [-0.05, 0) is 13.0 Å². The number of carbonyl (C=O) groups is 1. The van der Waals surface area contributed by atoms with Crippen LogP contribution in [-0.4, -0.2) is 22.6 Å². The van der Waals surface area contributed by atoms with Crippen LogP contribution in [0.4, 0.5) is 4.79 Å². The van der Waals surface area contributed by atoms with Crippen LogP contribution in [0.2, 0.25) is 0 Å². The zero-order valence-electron chi connectivity index (χ0n) is 5.74. The minimum atomic E-state index is -0.891. The standard InChI is InChI=1S/C7H9NO2/c1-6-4-2-3-5-8(6)7(9)10/h2-4H,5H2,1H3,(H,9,10). The summed E-state index contributed by atoms with van der Waals surface area (Å²) in [6.07, 6.45) is 4.55. The zero-order valence-corrected chi connectivity index (χ0v) is 5.74. The van der Waals surface area contributed by atoms with E-state index < -0.39 is 6.09 Å². The highest BCUT2D eigenvalue weighted by molar-refractivity contribution is 5.68. The summed E-state index contributed by atoms with van der Waals surface area (Å²) in [7, 11) is 0. The van der Waals surface area contributed by atoms with Crippen molar-refractivity contribution in [2.45, 2.75) is 6.92 Å². The maximum absolute atomic E-state index is 10.4. The molecule has 0 radical (unpaired) electrons. The topological polar surface area (TPSA) is 40.5 Å². The van der Waals surface area contributed by atoms with Crippen molar-refractivity contribution < 1.29 is 9.90 Å². The molecule has 1 N–H and O–H groups in total. The van der Waals surface area contributed by atoms with E-state index >= 15 is 0 Å². The Bertz CT molecular complexity index is 206. The Labute approximate surface area is 59.3 Å². The van der Waals surface area contributed by atoms with E-state index in [1.165, 1.54) is 4.90 Å². The van der Waals surface area contributed by atoms with Crippen molar-refractivity contribution in [3.63, 3.8) is 0 Å². The molecule has 0 atom stereocenters. The predicted octanol–water partition coefficient (Wildman–Crippen LogP) is 1.44. The third kappa shape index (κ3) is 1.18. The summed E-state index contributed by atoms with van der Waals surface area (Å²) in [4.78, 5) is 11.7. The van der Waals surface area contributed by atoms with Crippen LogP contribution in [0.1, 0.15) is 6.92 Å². The van der Waals surface area contributed by atoms with E-state index in [1.807, 2.05) is 6.08 Å². The molecule has 1 rings (SSSR count). The van der Waals surface area contributed by atoms with Crippen LogP contribution >= 0.6 is 0 Å². The summed E-state index contributed by atoms with van der Waals surface area (Å²) >= 11 is 0. The van der Waals surface area contributed by atoms with Crippen LogP contribution < -0.4 is 0 Å². The van der Waals surface area contributed by atoms with E-state index in [2.05, 4.69) is 0 Å². The van der Waals surface area contributed by atoms with E-state index in [0.29, 0.717) is 6.54 Å². The van der Waals surface area contributed by atoms with Gasteiger partial charge in [0.25, 0.3) is 0 Å². The number of hydrogen-bond donors (Lipinski definition) is 1. The quantitative estimate of drug-likeness (QED) is 0.551. The van der Waals surface area contributed by atoms with Crippen molar-refractivity contribution in [3.05, 3.63) is 23.9 Å². The molecule has 10 heavy (non-hydrogen) atoms. The van der Waals surface area contributed by atoms with E-state index in [4.69, 9.17) is 5.11 Å². The summed E-state index contributed by atoms with van der Waals surface area (Å²) in [5.74, 6) is 0. The number of nitrogens with zero attached hydrogens (tertiary/aromatic N) is 1. The lowest BCUT2D eigenvalue weighted by molar-refractivity contribution is 0.162. The lowest BCUT2D eigenvalue weighted by Crippen LogP contribution is -2.28. The maximum atomic E-state index is 10.4. The summed E-state index contributed by atoms with van der Waals surface area (Å²) in [6, 6.07) is 0. The maximum Gasteiger partial charge on any atom is 0.411 e. The molecule has 3 nitrogen and oxygen atoms in total. The molecule has 3 heteroatoms. The van der Waals surface area contributed by atoms with Gasteiger partial charge in [0.1, 0.15) is 0 Å². The Hall–Kier alpha value is -1.25. The van der Waals surface area contributed by atoms with Crippen molar-refractivity contribution in [1.29, 1.82) is 0 Å². The van der Waals surface area contributed by atoms with Gasteiger partial charge in [0.2, 0.25) is 0 Å². The molecule has 0 aromatic carbocycles. The van der Waals surface area contributed by atoms with E-state index in [9.17, 15) is 4.79 Å².